The minimum atomic E-state index is 0. The first kappa shape index (κ1) is 14.5. The minimum absolute atomic E-state index is 0. The summed E-state index contributed by atoms with van der Waals surface area (Å²) in [6.07, 6.45) is 1.11. The molecule has 0 bridgehead atoms. The van der Waals surface area contributed by atoms with Crippen molar-refractivity contribution in [2.75, 3.05) is 13.1 Å². The van der Waals surface area contributed by atoms with Crippen LogP contribution in [0.3, 0.4) is 0 Å². The highest BCUT2D eigenvalue weighted by atomic mass is 35.5. The highest BCUT2D eigenvalue weighted by Gasteiger charge is 2.19. The van der Waals surface area contributed by atoms with Gasteiger partial charge in [-0.05, 0) is 6.42 Å². The molecule has 0 saturated carbocycles. The van der Waals surface area contributed by atoms with E-state index in [2.05, 4.69) is 34.5 Å². The summed E-state index contributed by atoms with van der Waals surface area (Å²) in [7, 11) is 0. The Morgan fingerprint density at radius 2 is 2.11 bits per heavy atom. The summed E-state index contributed by atoms with van der Waals surface area (Å²) in [5, 5.41) is 3.26. The second-order valence-corrected chi connectivity index (χ2v) is 5.65. The normalized spacial score (nSPS) is 19.3. The Hall–Kier alpha value is -0.940. The van der Waals surface area contributed by atoms with Crippen LogP contribution in [0.25, 0.3) is 10.6 Å². The van der Waals surface area contributed by atoms with E-state index in [1.165, 1.54) is 5.56 Å². The number of aromatic nitrogens is 1. The number of nitrogens with two attached hydrogens (primary N) is 1. The number of likely N-dealkylation sites (tertiary alicyclic amines) is 1. The molecule has 2 heterocycles. The summed E-state index contributed by atoms with van der Waals surface area (Å²) >= 11 is 1.72. The third-order valence-corrected chi connectivity index (χ3v) is 4.21. The predicted molar refractivity (Wildman–Crippen MR) is 82.7 cm³/mol. The number of hydrogen-bond donors (Lipinski definition) is 1. The van der Waals surface area contributed by atoms with Gasteiger partial charge in [-0.2, -0.15) is 0 Å². The molecule has 3 nitrogen and oxygen atoms in total. The SMILES string of the molecule is Cl.N[C@@H]1CCN(Cc2csc(-c3ccccc3)n2)C1. The highest BCUT2D eigenvalue weighted by Crippen LogP contribution is 2.24. The summed E-state index contributed by atoms with van der Waals surface area (Å²) in [6, 6.07) is 10.7. The van der Waals surface area contributed by atoms with E-state index in [-0.39, 0.29) is 12.4 Å². The van der Waals surface area contributed by atoms with Crippen molar-refractivity contribution in [3.8, 4) is 10.6 Å². The Morgan fingerprint density at radius 1 is 1.32 bits per heavy atom. The molecule has 0 aliphatic carbocycles. The van der Waals surface area contributed by atoms with Crippen molar-refractivity contribution in [3.05, 3.63) is 41.4 Å². The van der Waals surface area contributed by atoms with Gasteiger partial charge >= 0.3 is 0 Å². The molecule has 1 aliphatic heterocycles. The highest BCUT2D eigenvalue weighted by molar-refractivity contribution is 7.13. The molecule has 1 atom stereocenters. The van der Waals surface area contributed by atoms with Gasteiger partial charge in [-0.3, -0.25) is 4.90 Å². The second kappa shape index (κ2) is 6.48. The van der Waals surface area contributed by atoms with E-state index in [0.717, 1.165) is 36.8 Å². The first-order valence-corrected chi connectivity index (χ1v) is 7.17. The molecule has 1 fully saturated rings. The first-order chi connectivity index (χ1) is 8.81. The van der Waals surface area contributed by atoms with Crippen LogP contribution in [0.2, 0.25) is 0 Å². The molecule has 2 N–H and O–H groups in total. The molecule has 0 unspecified atom stereocenters. The van der Waals surface area contributed by atoms with Crippen molar-refractivity contribution >= 4 is 23.7 Å². The van der Waals surface area contributed by atoms with E-state index in [1.807, 2.05) is 6.07 Å². The van der Waals surface area contributed by atoms with Gasteiger partial charge in [0.2, 0.25) is 0 Å². The maximum Gasteiger partial charge on any atom is 0.123 e. The largest absolute Gasteiger partial charge is 0.326 e. The Kier molecular flexibility index (Phi) is 4.93. The average molecular weight is 296 g/mol. The number of rotatable bonds is 3. The molecule has 1 saturated heterocycles. The average Bonchev–Trinajstić information content (AvgIpc) is 3.01. The van der Waals surface area contributed by atoms with Crippen LogP contribution in [0.4, 0.5) is 0 Å². The van der Waals surface area contributed by atoms with E-state index in [4.69, 9.17) is 10.7 Å². The Balaban J connectivity index is 0.00000133. The third-order valence-electron chi connectivity index (χ3n) is 3.27. The number of halogens is 1. The number of thiazole rings is 1. The van der Waals surface area contributed by atoms with E-state index in [1.54, 1.807) is 11.3 Å². The molecule has 1 aromatic heterocycles. The summed E-state index contributed by atoms with van der Waals surface area (Å²) < 4.78 is 0. The molecule has 1 aliphatic rings. The van der Waals surface area contributed by atoms with Gasteiger partial charge in [-0.15, -0.1) is 23.7 Å². The van der Waals surface area contributed by atoms with E-state index >= 15 is 0 Å². The second-order valence-electron chi connectivity index (χ2n) is 4.79. The molecule has 1 aromatic carbocycles. The van der Waals surface area contributed by atoms with Gasteiger partial charge in [0.1, 0.15) is 5.01 Å². The van der Waals surface area contributed by atoms with Crippen LogP contribution in [0.15, 0.2) is 35.7 Å². The van der Waals surface area contributed by atoms with Crippen LogP contribution in [0, 0.1) is 0 Å². The van der Waals surface area contributed by atoms with Crippen molar-refractivity contribution in [2.24, 2.45) is 5.73 Å². The fourth-order valence-electron chi connectivity index (χ4n) is 2.33. The zero-order valence-corrected chi connectivity index (χ0v) is 12.3. The minimum Gasteiger partial charge on any atom is -0.326 e. The zero-order valence-electron chi connectivity index (χ0n) is 10.7. The maximum absolute atomic E-state index is 5.92. The fraction of sp³-hybridized carbons (Fsp3) is 0.357. The number of hydrogen-bond acceptors (Lipinski definition) is 4. The molecular formula is C14H18ClN3S. The van der Waals surface area contributed by atoms with E-state index in [9.17, 15) is 0 Å². The maximum atomic E-state index is 5.92. The Morgan fingerprint density at radius 3 is 2.79 bits per heavy atom. The molecule has 102 valence electrons. The lowest BCUT2D eigenvalue weighted by Crippen LogP contribution is -2.26. The molecule has 3 rings (SSSR count). The lowest BCUT2D eigenvalue weighted by atomic mass is 10.2. The molecule has 0 amide bonds. The molecule has 0 radical (unpaired) electrons. The predicted octanol–water partition coefficient (Wildman–Crippen LogP) is 2.76. The van der Waals surface area contributed by atoms with E-state index in [0.29, 0.717) is 6.04 Å². The quantitative estimate of drug-likeness (QED) is 0.947. The summed E-state index contributed by atoms with van der Waals surface area (Å²) in [5.41, 5.74) is 8.28. The lowest BCUT2D eigenvalue weighted by molar-refractivity contribution is 0.323. The van der Waals surface area contributed by atoms with Crippen LogP contribution in [-0.2, 0) is 6.54 Å². The third kappa shape index (κ3) is 3.54. The van der Waals surface area contributed by atoms with Crippen LogP contribution >= 0.6 is 23.7 Å². The topological polar surface area (TPSA) is 42.1 Å². The van der Waals surface area contributed by atoms with E-state index < -0.39 is 0 Å². The smallest absolute Gasteiger partial charge is 0.123 e. The van der Waals surface area contributed by atoms with Gasteiger partial charge in [-0.1, -0.05) is 30.3 Å². The van der Waals surface area contributed by atoms with Gasteiger partial charge < -0.3 is 5.73 Å². The molecule has 0 spiro atoms. The zero-order chi connectivity index (χ0) is 12.4. The summed E-state index contributed by atoms with van der Waals surface area (Å²) in [4.78, 5) is 7.09. The van der Waals surface area contributed by atoms with Crippen LogP contribution < -0.4 is 5.73 Å². The Labute approximate surface area is 123 Å². The van der Waals surface area contributed by atoms with Crippen LogP contribution in [0.1, 0.15) is 12.1 Å². The van der Waals surface area contributed by atoms with Gasteiger partial charge in [-0.25, -0.2) is 4.98 Å². The van der Waals surface area contributed by atoms with Crippen LogP contribution in [-0.4, -0.2) is 29.0 Å². The summed E-state index contributed by atoms with van der Waals surface area (Å²) in [5.74, 6) is 0. The first-order valence-electron chi connectivity index (χ1n) is 6.29. The molecule has 5 heteroatoms. The van der Waals surface area contributed by atoms with Gasteiger partial charge in [0.15, 0.2) is 0 Å². The Bertz CT molecular complexity index is 514. The molecule has 2 aromatic rings. The van der Waals surface area contributed by atoms with Crippen molar-refractivity contribution in [1.82, 2.24) is 9.88 Å². The summed E-state index contributed by atoms with van der Waals surface area (Å²) in [6.45, 7) is 3.02. The van der Waals surface area contributed by atoms with Gasteiger partial charge in [0, 0.05) is 36.6 Å². The van der Waals surface area contributed by atoms with Gasteiger partial charge in [0.05, 0.1) is 5.69 Å². The monoisotopic (exact) mass is 295 g/mol. The number of benzene rings is 1. The van der Waals surface area contributed by atoms with Crippen molar-refractivity contribution in [1.29, 1.82) is 0 Å². The standard InChI is InChI=1S/C14H17N3S.ClH/c15-12-6-7-17(8-12)9-13-10-18-14(16-13)11-4-2-1-3-5-11;/h1-5,10,12H,6-9,15H2;1H/t12-;/m1./s1. The fourth-order valence-corrected chi connectivity index (χ4v) is 3.15. The number of nitrogens with zero attached hydrogens (tertiary/aromatic N) is 2. The van der Waals surface area contributed by atoms with Crippen LogP contribution in [0.5, 0.6) is 0 Å². The van der Waals surface area contributed by atoms with Gasteiger partial charge in [0.25, 0.3) is 0 Å². The van der Waals surface area contributed by atoms with Crippen molar-refractivity contribution in [2.45, 2.75) is 19.0 Å². The van der Waals surface area contributed by atoms with Crippen molar-refractivity contribution < 1.29 is 0 Å². The lowest BCUT2D eigenvalue weighted by Gasteiger charge is -2.12. The molecular weight excluding hydrogens is 278 g/mol. The molecule has 19 heavy (non-hydrogen) atoms. The van der Waals surface area contributed by atoms with Crippen molar-refractivity contribution in [3.63, 3.8) is 0 Å².